The van der Waals surface area contributed by atoms with Crippen LogP contribution in [0.3, 0.4) is 0 Å². The lowest BCUT2D eigenvalue weighted by atomic mass is 10.0. The lowest BCUT2D eigenvalue weighted by Crippen LogP contribution is -2.27. The number of hydrogen-bond donors (Lipinski definition) is 0. The van der Waals surface area contributed by atoms with Gasteiger partial charge in [-0.25, -0.2) is 4.68 Å². The predicted octanol–water partition coefficient (Wildman–Crippen LogP) is 4.22. The number of likely N-dealkylation sites (tertiary alicyclic amines) is 1. The summed E-state index contributed by atoms with van der Waals surface area (Å²) in [5.41, 5.74) is 2.28. The summed E-state index contributed by atoms with van der Waals surface area (Å²) in [4.78, 5) is 2.43. The first-order chi connectivity index (χ1) is 13.7. The van der Waals surface area contributed by atoms with E-state index < -0.39 is 0 Å². The molecule has 0 spiro atoms. The van der Waals surface area contributed by atoms with Crippen LogP contribution in [0.4, 0.5) is 0 Å². The lowest BCUT2D eigenvalue weighted by Gasteiger charge is -2.24. The Bertz CT molecular complexity index is 979. The van der Waals surface area contributed by atoms with Crippen LogP contribution >= 0.6 is 12.2 Å². The van der Waals surface area contributed by atoms with Gasteiger partial charge in [-0.2, -0.15) is 5.10 Å². The number of rotatable bonds is 6. The highest BCUT2D eigenvalue weighted by atomic mass is 32.1. The van der Waals surface area contributed by atoms with E-state index in [1.54, 1.807) is 20.5 Å². The summed E-state index contributed by atoms with van der Waals surface area (Å²) in [6, 6.07) is 16.5. The van der Waals surface area contributed by atoms with Gasteiger partial charge in [0, 0.05) is 18.3 Å². The first-order valence-corrected chi connectivity index (χ1v) is 9.77. The van der Waals surface area contributed by atoms with E-state index in [0.717, 1.165) is 30.2 Å². The van der Waals surface area contributed by atoms with Crippen LogP contribution in [0.5, 0.6) is 11.5 Å². The van der Waals surface area contributed by atoms with Crippen LogP contribution in [0.15, 0.2) is 54.9 Å². The molecule has 0 N–H and O–H groups in total. The van der Waals surface area contributed by atoms with E-state index >= 15 is 0 Å². The fourth-order valence-corrected chi connectivity index (χ4v) is 3.98. The molecule has 28 heavy (non-hydrogen) atoms. The normalized spacial score (nSPS) is 17.0. The molecular formula is C21H24N4O2S. The Morgan fingerprint density at radius 2 is 1.64 bits per heavy atom. The van der Waals surface area contributed by atoms with Gasteiger partial charge in [0.2, 0.25) is 4.77 Å². The molecule has 2 aromatic carbocycles. The molecule has 1 aromatic heterocycles. The van der Waals surface area contributed by atoms with E-state index in [2.05, 4.69) is 22.1 Å². The van der Waals surface area contributed by atoms with Crippen molar-refractivity contribution in [2.24, 2.45) is 0 Å². The zero-order chi connectivity index (χ0) is 19.5. The first kappa shape index (κ1) is 18.7. The average molecular weight is 397 g/mol. The minimum absolute atomic E-state index is 0.374. The van der Waals surface area contributed by atoms with Gasteiger partial charge < -0.3 is 9.47 Å². The lowest BCUT2D eigenvalue weighted by molar-refractivity contribution is 0.190. The molecule has 2 heterocycles. The molecule has 1 fully saturated rings. The van der Waals surface area contributed by atoms with E-state index in [1.807, 2.05) is 45.6 Å². The molecule has 0 amide bonds. The zero-order valence-corrected chi connectivity index (χ0v) is 16.9. The van der Waals surface area contributed by atoms with Crippen LogP contribution in [0.25, 0.3) is 5.69 Å². The highest BCUT2D eigenvalue weighted by molar-refractivity contribution is 7.71. The topological polar surface area (TPSA) is 44.5 Å². The second-order valence-electron chi connectivity index (χ2n) is 6.87. The Hall–Kier alpha value is -2.64. The van der Waals surface area contributed by atoms with Gasteiger partial charge in [-0.1, -0.05) is 12.1 Å². The molecule has 0 bridgehead atoms. The Morgan fingerprint density at radius 1 is 1.00 bits per heavy atom. The van der Waals surface area contributed by atoms with Crippen molar-refractivity contribution in [2.75, 3.05) is 20.8 Å². The third-order valence-electron chi connectivity index (χ3n) is 5.26. The molecule has 7 heteroatoms. The van der Waals surface area contributed by atoms with E-state index in [-0.39, 0.29) is 0 Å². The van der Waals surface area contributed by atoms with Crippen LogP contribution in [-0.4, -0.2) is 40.0 Å². The summed E-state index contributed by atoms with van der Waals surface area (Å²) in [6.45, 7) is 1.71. The van der Waals surface area contributed by atoms with Crippen molar-refractivity contribution in [3.63, 3.8) is 0 Å². The zero-order valence-electron chi connectivity index (χ0n) is 16.1. The van der Waals surface area contributed by atoms with Crippen molar-refractivity contribution in [3.05, 3.63) is 65.2 Å². The molecule has 0 saturated carbocycles. The van der Waals surface area contributed by atoms with Crippen molar-refractivity contribution in [1.29, 1.82) is 0 Å². The third-order valence-corrected chi connectivity index (χ3v) is 5.67. The van der Waals surface area contributed by atoms with Gasteiger partial charge in [0.15, 0.2) is 0 Å². The standard InChI is InChI=1S/C21H24N4O2S/c1-26-18-9-5-16(6-10-18)20-4-3-13-23(20)15-25-21(28)24(14-22-25)17-7-11-19(27-2)12-8-17/h5-12,14,20H,3-4,13,15H2,1-2H3/t20-/m0/s1. The van der Waals surface area contributed by atoms with Crippen molar-refractivity contribution in [1.82, 2.24) is 19.2 Å². The van der Waals surface area contributed by atoms with Gasteiger partial charge in [-0.3, -0.25) is 9.47 Å². The highest BCUT2D eigenvalue weighted by Crippen LogP contribution is 2.33. The fraction of sp³-hybridized carbons (Fsp3) is 0.333. The molecule has 0 aliphatic carbocycles. The van der Waals surface area contributed by atoms with Crippen molar-refractivity contribution in [2.45, 2.75) is 25.6 Å². The molecule has 1 aliphatic heterocycles. The van der Waals surface area contributed by atoms with E-state index in [0.29, 0.717) is 17.5 Å². The maximum Gasteiger partial charge on any atom is 0.203 e. The van der Waals surface area contributed by atoms with Gasteiger partial charge in [-0.15, -0.1) is 0 Å². The van der Waals surface area contributed by atoms with Crippen LogP contribution < -0.4 is 9.47 Å². The molecule has 0 unspecified atom stereocenters. The van der Waals surface area contributed by atoms with Crippen LogP contribution in [0, 0.1) is 4.77 Å². The van der Waals surface area contributed by atoms with Crippen molar-refractivity contribution < 1.29 is 9.47 Å². The monoisotopic (exact) mass is 396 g/mol. The number of ether oxygens (including phenoxy) is 2. The third kappa shape index (κ3) is 3.68. The second kappa shape index (κ2) is 8.16. The largest absolute Gasteiger partial charge is 0.497 e. The SMILES string of the molecule is COc1ccc([C@@H]2CCCN2Cn2ncn(-c3ccc(OC)cc3)c2=S)cc1. The van der Waals surface area contributed by atoms with E-state index in [9.17, 15) is 0 Å². The molecule has 6 nitrogen and oxygen atoms in total. The number of methoxy groups -OCH3 is 2. The molecule has 1 atom stereocenters. The van der Waals surface area contributed by atoms with Crippen LogP contribution in [0.2, 0.25) is 0 Å². The summed E-state index contributed by atoms with van der Waals surface area (Å²) < 4.78 is 15.0. The van der Waals surface area contributed by atoms with Gasteiger partial charge in [0.05, 0.1) is 20.9 Å². The Morgan fingerprint density at radius 3 is 2.29 bits per heavy atom. The molecular weight excluding hydrogens is 372 g/mol. The molecule has 1 aliphatic rings. The summed E-state index contributed by atoms with van der Waals surface area (Å²) >= 11 is 5.68. The molecule has 3 aromatic rings. The summed E-state index contributed by atoms with van der Waals surface area (Å²) in [6.07, 6.45) is 4.09. The Balaban J connectivity index is 1.53. The number of nitrogens with zero attached hydrogens (tertiary/aromatic N) is 4. The maximum absolute atomic E-state index is 5.68. The van der Waals surface area contributed by atoms with Crippen LogP contribution in [0.1, 0.15) is 24.4 Å². The number of aromatic nitrogens is 3. The van der Waals surface area contributed by atoms with Gasteiger partial charge in [-0.05, 0) is 67.0 Å². The van der Waals surface area contributed by atoms with Crippen molar-refractivity contribution >= 4 is 12.2 Å². The van der Waals surface area contributed by atoms with Crippen molar-refractivity contribution in [3.8, 4) is 17.2 Å². The molecule has 1 saturated heterocycles. The predicted molar refractivity (Wildman–Crippen MR) is 111 cm³/mol. The molecule has 4 rings (SSSR count). The van der Waals surface area contributed by atoms with Gasteiger partial charge in [0.25, 0.3) is 0 Å². The molecule has 146 valence electrons. The fourth-order valence-electron chi connectivity index (χ4n) is 3.73. The summed E-state index contributed by atoms with van der Waals surface area (Å²) in [7, 11) is 3.35. The highest BCUT2D eigenvalue weighted by Gasteiger charge is 2.26. The second-order valence-corrected chi connectivity index (χ2v) is 7.23. The smallest absolute Gasteiger partial charge is 0.203 e. The average Bonchev–Trinajstić information content (AvgIpc) is 3.35. The number of benzene rings is 2. The first-order valence-electron chi connectivity index (χ1n) is 9.36. The summed E-state index contributed by atoms with van der Waals surface area (Å²) in [5.74, 6) is 1.70. The van der Waals surface area contributed by atoms with Gasteiger partial charge in [0.1, 0.15) is 17.8 Å². The van der Waals surface area contributed by atoms with Crippen LogP contribution in [-0.2, 0) is 6.67 Å². The minimum atomic E-state index is 0.374. The van der Waals surface area contributed by atoms with E-state index in [4.69, 9.17) is 21.7 Å². The Labute approximate surface area is 169 Å². The van der Waals surface area contributed by atoms with Gasteiger partial charge >= 0.3 is 0 Å². The quantitative estimate of drug-likeness (QED) is 0.584. The Kier molecular flexibility index (Phi) is 5.45. The summed E-state index contributed by atoms with van der Waals surface area (Å²) in [5, 5.41) is 4.54. The maximum atomic E-state index is 5.68. The minimum Gasteiger partial charge on any atom is -0.497 e. The number of hydrogen-bond acceptors (Lipinski definition) is 5. The molecule has 0 radical (unpaired) electrons. The van der Waals surface area contributed by atoms with E-state index in [1.165, 1.54) is 12.0 Å².